The molecule has 0 aromatic heterocycles. The first-order valence-electron chi connectivity index (χ1n) is 7.58. The molecule has 3 heteroatoms. The highest BCUT2D eigenvalue weighted by Crippen LogP contribution is 2.60. The number of rotatable bonds is 4. The van der Waals surface area contributed by atoms with Gasteiger partial charge in [-0.05, 0) is 25.0 Å². The summed E-state index contributed by atoms with van der Waals surface area (Å²) in [5.74, 6) is 0. The maximum Gasteiger partial charge on any atom is 0.199 e. The summed E-state index contributed by atoms with van der Waals surface area (Å²) in [5, 5.41) is 1.78. The van der Waals surface area contributed by atoms with Crippen molar-refractivity contribution in [1.82, 2.24) is 0 Å². The van der Waals surface area contributed by atoms with Gasteiger partial charge in [-0.2, -0.15) is 0 Å². The molecule has 0 amide bonds. The van der Waals surface area contributed by atoms with Crippen molar-refractivity contribution in [2.24, 2.45) is 0 Å². The van der Waals surface area contributed by atoms with E-state index < -0.39 is 6.34 Å². The fraction of sp³-hybridized carbons (Fsp3) is 0.100. The van der Waals surface area contributed by atoms with Crippen LogP contribution in [0.2, 0.25) is 0 Å². The Balaban J connectivity index is 2.16. The predicted octanol–water partition coefficient (Wildman–Crippen LogP) is 5.32. The van der Waals surface area contributed by atoms with Crippen LogP contribution in [-0.2, 0) is 4.57 Å². The van der Waals surface area contributed by atoms with E-state index in [0.29, 0.717) is 0 Å². The van der Waals surface area contributed by atoms with Crippen molar-refractivity contribution >= 4 is 28.3 Å². The van der Waals surface area contributed by atoms with Gasteiger partial charge in [0.1, 0.15) is 0 Å². The van der Waals surface area contributed by atoms with E-state index in [1.807, 2.05) is 66.7 Å². The summed E-state index contributed by atoms with van der Waals surface area (Å²) >= 11 is 1.51. The Morgan fingerprint density at radius 2 is 1.09 bits per heavy atom. The predicted molar refractivity (Wildman–Crippen MR) is 102 cm³/mol. The van der Waals surface area contributed by atoms with Crippen molar-refractivity contribution in [3.05, 3.63) is 90.0 Å². The molecule has 0 spiro atoms. The van der Waals surface area contributed by atoms with Crippen LogP contribution >= 0.6 is 17.7 Å². The van der Waals surface area contributed by atoms with E-state index in [0.717, 1.165) is 15.5 Å². The summed E-state index contributed by atoms with van der Waals surface area (Å²) in [5.41, 5.74) is 2.34. The fourth-order valence-corrected chi connectivity index (χ4v) is 7.89. The summed E-state index contributed by atoms with van der Waals surface area (Å²) in [4.78, 5) is 1.11. The Morgan fingerprint density at radius 1 is 0.652 bits per heavy atom. The minimum Gasteiger partial charge on any atom is -0.302 e. The normalized spacial score (nSPS) is 11.4. The van der Waals surface area contributed by atoms with Crippen LogP contribution in [0.5, 0.6) is 0 Å². The van der Waals surface area contributed by atoms with Crippen LogP contribution < -0.4 is 10.6 Å². The van der Waals surface area contributed by atoms with Crippen LogP contribution in [0.1, 0.15) is 11.1 Å². The highest BCUT2D eigenvalue weighted by atomic mass is 32.7. The van der Waals surface area contributed by atoms with E-state index in [1.165, 1.54) is 22.5 Å². The molecule has 0 saturated heterocycles. The lowest BCUT2D eigenvalue weighted by Crippen LogP contribution is -2.13. The van der Waals surface area contributed by atoms with Gasteiger partial charge in [0, 0.05) is 15.5 Å². The average molecular weight is 338 g/mol. The first-order valence-corrected chi connectivity index (χ1v) is 10.7. The summed E-state index contributed by atoms with van der Waals surface area (Å²) in [6.07, 6.45) is -2.78. The van der Waals surface area contributed by atoms with E-state index in [9.17, 15) is 4.57 Å². The van der Waals surface area contributed by atoms with E-state index >= 15 is 0 Å². The first kappa shape index (κ1) is 16.1. The Morgan fingerprint density at radius 3 is 1.52 bits per heavy atom. The maximum atomic E-state index is 14.1. The van der Waals surface area contributed by atoms with Gasteiger partial charge in [0.05, 0.1) is 0 Å². The van der Waals surface area contributed by atoms with Crippen LogP contribution in [0.3, 0.4) is 0 Å². The molecule has 0 N–H and O–H groups in total. The zero-order chi connectivity index (χ0) is 16.3. The van der Waals surface area contributed by atoms with Crippen LogP contribution in [0.25, 0.3) is 0 Å². The van der Waals surface area contributed by atoms with Gasteiger partial charge in [-0.1, -0.05) is 90.2 Å². The van der Waals surface area contributed by atoms with Crippen LogP contribution in [0.15, 0.2) is 83.8 Å². The van der Waals surface area contributed by atoms with E-state index in [2.05, 4.69) is 26.0 Å². The molecule has 116 valence electrons. The number of hydrogen-bond donors (Lipinski definition) is 0. The summed E-state index contributed by atoms with van der Waals surface area (Å²) in [7, 11) is 0. The molecule has 3 aromatic rings. The van der Waals surface area contributed by atoms with Crippen LogP contribution in [0, 0.1) is 13.8 Å². The largest absolute Gasteiger partial charge is 0.302 e. The zero-order valence-electron chi connectivity index (χ0n) is 13.3. The molecule has 0 heterocycles. The molecule has 0 aliphatic rings. The van der Waals surface area contributed by atoms with Crippen molar-refractivity contribution in [1.29, 1.82) is 0 Å². The molecular formula is C20H19OPS. The van der Waals surface area contributed by atoms with Crippen molar-refractivity contribution in [2.45, 2.75) is 18.7 Å². The van der Waals surface area contributed by atoms with Gasteiger partial charge in [0.15, 0.2) is 6.34 Å². The van der Waals surface area contributed by atoms with Crippen molar-refractivity contribution in [3.63, 3.8) is 0 Å². The molecule has 3 rings (SSSR count). The maximum absolute atomic E-state index is 14.1. The molecular weight excluding hydrogens is 319 g/mol. The smallest absolute Gasteiger partial charge is 0.199 e. The average Bonchev–Trinajstić information content (AvgIpc) is 2.60. The fourth-order valence-electron chi connectivity index (χ4n) is 2.57. The zero-order valence-corrected chi connectivity index (χ0v) is 15.0. The standard InChI is InChI=1S/C20H19OPS/c1-16-10-9-11-17(2)20(16)23-22(21,18-12-5-3-6-13-18)19-14-7-4-8-15-19/h3-15H,1-2H3. The molecule has 0 aliphatic carbocycles. The van der Waals surface area contributed by atoms with Gasteiger partial charge in [-0.25, -0.2) is 0 Å². The molecule has 0 saturated carbocycles. The molecule has 3 aromatic carbocycles. The highest BCUT2D eigenvalue weighted by Gasteiger charge is 2.29. The van der Waals surface area contributed by atoms with Gasteiger partial charge in [0.2, 0.25) is 0 Å². The molecule has 0 fully saturated rings. The molecule has 23 heavy (non-hydrogen) atoms. The van der Waals surface area contributed by atoms with E-state index in [-0.39, 0.29) is 0 Å². The molecule has 1 nitrogen and oxygen atoms in total. The minimum atomic E-state index is -2.78. The second kappa shape index (κ2) is 6.78. The van der Waals surface area contributed by atoms with Gasteiger partial charge in [-0.3, -0.25) is 0 Å². The van der Waals surface area contributed by atoms with E-state index in [4.69, 9.17) is 0 Å². The Bertz CT molecular complexity index is 780. The minimum absolute atomic E-state index is 0.888. The molecule has 0 radical (unpaired) electrons. The topological polar surface area (TPSA) is 17.1 Å². The Hall–Kier alpha value is -1.76. The molecule has 0 atom stereocenters. The summed E-state index contributed by atoms with van der Waals surface area (Å²) < 4.78 is 14.1. The Labute approximate surface area is 141 Å². The van der Waals surface area contributed by atoms with Crippen molar-refractivity contribution in [3.8, 4) is 0 Å². The highest BCUT2D eigenvalue weighted by molar-refractivity contribution is 8.62. The number of hydrogen-bond acceptors (Lipinski definition) is 2. The third-order valence-corrected chi connectivity index (χ3v) is 9.44. The first-order chi connectivity index (χ1) is 11.1. The second-order valence-electron chi connectivity index (χ2n) is 5.53. The summed E-state index contributed by atoms with van der Waals surface area (Å²) in [6.45, 7) is 4.16. The third-order valence-electron chi connectivity index (χ3n) is 3.82. The van der Waals surface area contributed by atoms with E-state index in [1.54, 1.807) is 0 Å². The second-order valence-corrected chi connectivity index (χ2v) is 10.4. The lowest BCUT2D eigenvalue weighted by molar-refractivity contribution is 0.595. The van der Waals surface area contributed by atoms with Gasteiger partial charge in [-0.15, -0.1) is 0 Å². The SMILES string of the molecule is Cc1cccc(C)c1SP(=O)(c1ccccc1)c1ccccc1. The monoisotopic (exact) mass is 338 g/mol. The lowest BCUT2D eigenvalue weighted by atomic mass is 10.2. The molecule has 0 bridgehead atoms. The number of aryl methyl sites for hydroxylation is 2. The van der Waals surface area contributed by atoms with Crippen molar-refractivity contribution < 1.29 is 4.57 Å². The third kappa shape index (κ3) is 3.29. The summed E-state index contributed by atoms with van der Waals surface area (Å²) in [6, 6.07) is 25.8. The molecule has 0 unspecified atom stereocenters. The lowest BCUT2D eigenvalue weighted by Gasteiger charge is -2.20. The van der Waals surface area contributed by atoms with Gasteiger partial charge in [0.25, 0.3) is 0 Å². The van der Waals surface area contributed by atoms with Gasteiger partial charge < -0.3 is 4.57 Å². The van der Waals surface area contributed by atoms with Crippen LogP contribution in [0.4, 0.5) is 0 Å². The van der Waals surface area contributed by atoms with Crippen LogP contribution in [-0.4, -0.2) is 0 Å². The van der Waals surface area contributed by atoms with Gasteiger partial charge >= 0.3 is 0 Å². The molecule has 0 aliphatic heterocycles. The quantitative estimate of drug-likeness (QED) is 0.599. The van der Waals surface area contributed by atoms with Crippen molar-refractivity contribution in [2.75, 3.05) is 0 Å². The Kier molecular flexibility index (Phi) is 4.75. The number of benzene rings is 3.